The van der Waals surface area contributed by atoms with Crippen LogP contribution >= 0.6 is 24.0 Å². The second-order valence-corrected chi connectivity index (χ2v) is 5.96. The molecule has 0 bridgehead atoms. The van der Waals surface area contributed by atoms with Crippen LogP contribution in [0.25, 0.3) is 0 Å². The van der Waals surface area contributed by atoms with Gasteiger partial charge in [-0.05, 0) is 17.7 Å². The van der Waals surface area contributed by atoms with Crippen molar-refractivity contribution in [1.82, 2.24) is 15.5 Å². The van der Waals surface area contributed by atoms with Gasteiger partial charge in [0, 0.05) is 33.2 Å². The Morgan fingerprint density at radius 1 is 1.26 bits per heavy atom. The van der Waals surface area contributed by atoms with Gasteiger partial charge in [0.05, 0.1) is 25.7 Å². The van der Waals surface area contributed by atoms with E-state index in [1.165, 1.54) is 19.2 Å². The van der Waals surface area contributed by atoms with Gasteiger partial charge in [-0.25, -0.2) is 4.39 Å². The van der Waals surface area contributed by atoms with Gasteiger partial charge in [-0.15, -0.1) is 24.0 Å². The minimum Gasteiger partial charge on any atom is -0.379 e. The first-order valence-corrected chi connectivity index (χ1v) is 8.47. The fraction of sp³-hybridized carbons (Fsp3) is 0.588. The Kier molecular flexibility index (Phi) is 10.3. The zero-order valence-electron chi connectivity index (χ0n) is 15.1. The molecule has 2 rings (SSSR count). The molecule has 1 unspecified atom stereocenters. The van der Waals surface area contributed by atoms with E-state index in [4.69, 9.17) is 4.74 Å². The lowest BCUT2D eigenvalue weighted by molar-refractivity contribution is -0.132. The fourth-order valence-electron chi connectivity index (χ4n) is 2.80. The van der Waals surface area contributed by atoms with Gasteiger partial charge in [0.15, 0.2) is 5.96 Å². The zero-order valence-corrected chi connectivity index (χ0v) is 17.4. The van der Waals surface area contributed by atoms with Gasteiger partial charge in [-0.1, -0.05) is 12.1 Å². The molecule has 1 aliphatic rings. The molecule has 5 nitrogen and oxygen atoms in total. The van der Waals surface area contributed by atoms with E-state index in [1.807, 2.05) is 6.07 Å². The summed E-state index contributed by atoms with van der Waals surface area (Å²) in [4.78, 5) is 6.11. The van der Waals surface area contributed by atoms with Crippen LogP contribution in [0.5, 0.6) is 0 Å². The molecule has 1 aromatic carbocycles. The van der Waals surface area contributed by atoms with E-state index in [9.17, 15) is 17.6 Å². The number of guanidine groups is 1. The molecule has 27 heavy (non-hydrogen) atoms. The smallest absolute Gasteiger partial charge is 0.379 e. The number of aliphatic imine (C=N–C) groups is 1. The Labute approximate surface area is 173 Å². The summed E-state index contributed by atoms with van der Waals surface area (Å²) in [5.41, 5.74) is 0.796. The zero-order chi connectivity index (χ0) is 19.0. The van der Waals surface area contributed by atoms with Crippen LogP contribution in [0.4, 0.5) is 17.6 Å². The van der Waals surface area contributed by atoms with Crippen LogP contribution in [0, 0.1) is 5.82 Å². The van der Waals surface area contributed by atoms with Gasteiger partial charge in [0.2, 0.25) is 0 Å². The lowest BCUT2D eigenvalue weighted by Gasteiger charge is -2.35. The monoisotopic (exact) mass is 504 g/mol. The first kappa shape index (κ1) is 23.9. The maximum absolute atomic E-state index is 13.6. The summed E-state index contributed by atoms with van der Waals surface area (Å²) in [6.07, 6.45) is -5.16. The van der Waals surface area contributed by atoms with E-state index >= 15 is 0 Å². The molecular weight excluding hydrogens is 479 g/mol. The molecule has 0 radical (unpaired) electrons. The number of nitrogens with zero attached hydrogens (tertiary/aromatic N) is 2. The molecular formula is C17H25F4IN4O. The number of nitrogens with one attached hydrogen (secondary N) is 2. The van der Waals surface area contributed by atoms with Gasteiger partial charge < -0.3 is 15.4 Å². The second kappa shape index (κ2) is 11.6. The topological polar surface area (TPSA) is 48.9 Å². The number of benzene rings is 1. The van der Waals surface area contributed by atoms with Gasteiger partial charge in [0.25, 0.3) is 0 Å². The summed E-state index contributed by atoms with van der Waals surface area (Å²) in [5.74, 6) is -0.0441. The van der Waals surface area contributed by atoms with Crippen LogP contribution < -0.4 is 10.6 Å². The first-order valence-electron chi connectivity index (χ1n) is 8.47. The number of hydrogen-bond acceptors (Lipinski definition) is 3. The van der Waals surface area contributed by atoms with Crippen molar-refractivity contribution >= 4 is 29.9 Å². The SMILES string of the molecule is CN=C(NCCC(F)(F)F)NCC(c1cccc(F)c1)N1CCOCC1.I. The van der Waals surface area contributed by atoms with Crippen molar-refractivity contribution in [2.24, 2.45) is 4.99 Å². The predicted molar refractivity (Wildman–Crippen MR) is 107 cm³/mol. The summed E-state index contributed by atoms with van der Waals surface area (Å²) >= 11 is 0. The quantitative estimate of drug-likeness (QED) is 0.271. The summed E-state index contributed by atoms with van der Waals surface area (Å²) < 4.78 is 55.8. The Hall–Kier alpha value is -1.14. The number of hydrogen-bond donors (Lipinski definition) is 2. The molecule has 1 aromatic rings. The Morgan fingerprint density at radius 3 is 2.56 bits per heavy atom. The minimum atomic E-state index is -4.22. The lowest BCUT2D eigenvalue weighted by Crippen LogP contribution is -2.46. The Morgan fingerprint density at radius 2 is 1.96 bits per heavy atom. The van der Waals surface area contributed by atoms with Crippen molar-refractivity contribution in [1.29, 1.82) is 0 Å². The Bertz CT molecular complexity index is 595. The highest BCUT2D eigenvalue weighted by atomic mass is 127. The van der Waals surface area contributed by atoms with Crippen molar-refractivity contribution < 1.29 is 22.3 Å². The van der Waals surface area contributed by atoms with Crippen molar-refractivity contribution in [2.45, 2.75) is 18.6 Å². The fourth-order valence-corrected chi connectivity index (χ4v) is 2.80. The predicted octanol–water partition coefficient (Wildman–Crippen LogP) is 2.93. The number of morpholine rings is 1. The molecule has 0 amide bonds. The normalized spacial score (nSPS) is 17.1. The molecule has 0 spiro atoms. The van der Waals surface area contributed by atoms with Gasteiger partial charge in [0.1, 0.15) is 5.82 Å². The molecule has 1 heterocycles. The van der Waals surface area contributed by atoms with Crippen LogP contribution in [0.15, 0.2) is 29.3 Å². The molecule has 0 saturated carbocycles. The molecule has 1 aliphatic heterocycles. The van der Waals surface area contributed by atoms with E-state index in [0.29, 0.717) is 32.8 Å². The second-order valence-electron chi connectivity index (χ2n) is 5.96. The number of halogens is 5. The van der Waals surface area contributed by atoms with Crippen LogP contribution in [0.3, 0.4) is 0 Å². The van der Waals surface area contributed by atoms with E-state index in [0.717, 1.165) is 5.56 Å². The summed E-state index contributed by atoms with van der Waals surface area (Å²) in [6.45, 7) is 2.70. The van der Waals surface area contributed by atoms with Crippen molar-refractivity contribution in [2.75, 3.05) is 46.4 Å². The highest BCUT2D eigenvalue weighted by molar-refractivity contribution is 14.0. The molecule has 10 heteroatoms. The number of ether oxygens (including phenoxy) is 1. The van der Waals surface area contributed by atoms with Crippen molar-refractivity contribution in [3.05, 3.63) is 35.6 Å². The highest BCUT2D eigenvalue weighted by Gasteiger charge is 2.27. The minimum absolute atomic E-state index is 0. The van der Waals surface area contributed by atoms with Crippen LogP contribution in [0.2, 0.25) is 0 Å². The molecule has 1 fully saturated rings. The van der Waals surface area contributed by atoms with Crippen LogP contribution in [0.1, 0.15) is 18.0 Å². The first-order chi connectivity index (χ1) is 12.4. The summed E-state index contributed by atoms with van der Waals surface area (Å²) in [5, 5.41) is 5.69. The van der Waals surface area contributed by atoms with E-state index < -0.39 is 12.6 Å². The summed E-state index contributed by atoms with van der Waals surface area (Å²) in [7, 11) is 1.49. The third-order valence-corrected chi connectivity index (χ3v) is 4.11. The molecule has 154 valence electrons. The van der Waals surface area contributed by atoms with E-state index in [-0.39, 0.29) is 48.3 Å². The molecule has 1 saturated heterocycles. The summed E-state index contributed by atoms with van der Waals surface area (Å²) in [6, 6.07) is 6.20. The maximum Gasteiger partial charge on any atom is 0.390 e. The third-order valence-electron chi connectivity index (χ3n) is 4.11. The third kappa shape index (κ3) is 8.60. The van der Waals surface area contributed by atoms with Crippen molar-refractivity contribution in [3.63, 3.8) is 0 Å². The number of rotatable bonds is 6. The lowest BCUT2D eigenvalue weighted by atomic mass is 10.0. The molecule has 1 atom stereocenters. The average Bonchev–Trinajstić information content (AvgIpc) is 2.60. The molecule has 0 aliphatic carbocycles. The Balaban J connectivity index is 0.00000364. The molecule has 2 N–H and O–H groups in total. The van der Waals surface area contributed by atoms with Gasteiger partial charge >= 0.3 is 6.18 Å². The standard InChI is InChI=1S/C17H24F4N4O.HI/c1-22-16(23-6-5-17(19,20)21)24-12-15(25-7-9-26-10-8-25)13-3-2-4-14(18)11-13;/h2-4,11,15H,5-10,12H2,1H3,(H2,22,23,24);1H. The molecule has 0 aromatic heterocycles. The number of alkyl halides is 3. The van der Waals surface area contributed by atoms with Gasteiger partial charge in [-0.3, -0.25) is 9.89 Å². The van der Waals surface area contributed by atoms with Gasteiger partial charge in [-0.2, -0.15) is 13.2 Å². The van der Waals surface area contributed by atoms with Crippen molar-refractivity contribution in [3.8, 4) is 0 Å². The van der Waals surface area contributed by atoms with E-state index in [1.54, 1.807) is 6.07 Å². The highest BCUT2D eigenvalue weighted by Crippen LogP contribution is 2.22. The average molecular weight is 504 g/mol. The largest absolute Gasteiger partial charge is 0.390 e. The van der Waals surface area contributed by atoms with E-state index in [2.05, 4.69) is 20.5 Å². The van der Waals surface area contributed by atoms with Crippen LogP contribution in [-0.2, 0) is 4.74 Å². The maximum atomic E-state index is 13.6. The van der Waals surface area contributed by atoms with Crippen LogP contribution in [-0.4, -0.2) is 63.5 Å².